The molecule has 0 spiro atoms. The molecule has 2 aromatic carbocycles. The van der Waals surface area contributed by atoms with Crippen LogP contribution < -0.4 is 0 Å². The Morgan fingerprint density at radius 2 is 0.852 bits per heavy atom. The van der Waals surface area contributed by atoms with E-state index in [2.05, 4.69) is 13.8 Å². The Hall–Kier alpha value is -3.68. The van der Waals surface area contributed by atoms with Crippen molar-refractivity contribution in [3.8, 4) is 0 Å². The molecule has 8 heteroatoms. The second-order valence-corrected chi connectivity index (χ2v) is 5.09. The Morgan fingerprint density at radius 1 is 0.593 bits per heavy atom. The first-order chi connectivity index (χ1) is 12.6. The maximum Gasteiger partial charge on any atom is 0.335 e. The lowest BCUT2D eigenvalue weighted by Gasteiger charge is -1.95. The molecule has 0 unspecified atom stereocenters. The maximum absolute atomic E-state index is 10.4. The SMILES string of the molecule is CCC.O=C(O)c1ccc(C(=O)O)cc1.O=C(O)c1cccc(C(=O)O)c1. The first kappa shape index (κ1) is 23.3. The zero-order valence-electron chi connectivity index (χ0n) is 14.7. The first-order valence-corrected chi connectivity index (χ1v) is 7.77. The molecule has 0 radical (unpaired) electrons. The van der Waals surface area contributed by atoms with Gasteiger partial charge in [0.15, 0.2) is 0 Å². The van der Waals surface area contributed by atoms with E-state index >= 15 is 0 Å². The summed E-state index contributed by atoms with van der Waals surface area (Å²) in [5, 5.41) is 33.9. The highest BCUT2D eigenvalue weighted by molar-refractivity contribution is 5.93. The van der Waals surface area contributed by atoms with E-state index in [4.69, 9.17) is 20.4 Å². The number of benzene rings is 2. The molecule has 0 fully saturated rings. The van der Waals surface area contributed by atoms with Crippen molar-refractivity contribution in [2.75, 3.05) is 0 Å². The standard InChI is InChI=1S/2C8H6O4.C3H8/c9-7(10)5-1-2-6(4-3-5)8(11)12;9-7(10)5-2-1-3-6(4-5)8(11)12;1-3-2/h2*1-4H,(H,9,10)(H,11,12);3H2,1-2H3. The van der Waals surface area contributed by atoms with Gasteiger partial charge in [0.1, 0.15) is 0 Å². The molecule has 0 aliphatic rings. The summed E-state index contributed by atoms with van der Waals surface area (Å²) in [5.41, 5.74) is 0.129. The Morgan fingerprint density at radius 3 is 1.07 bits per heavy atom. The molecule has 0 saturated carbocycles. The number of hydrogen-bond donors (Lipinski definition) is 4. The topological polar surface area (TPSA) is 149 Å². The highest BCUT2D eigenvalue weighted by Crippen LogP contribution is 2.05. The van der Waals surface area contributed by atoms with E-state index in [1.807, 2.05) is 0 Å². The van der Waals surface area contributed by atoms with Crippen molar-refractivity contribution >= 4 is 23.9 Å². The monoisotopic (exact) mass is 376 g/mol. The number of carboxylic acid groups (broad SMARTS) is 4. The summed E-state index contributed by atoms with van der Waals surface area (Å²) in [6.45, 7) is 4.25. The zero-order chi connectivity index (χ0) is 21.0. The Labute approximate surface area is 155 Å². The number of aromatic carboxylic acids is 4. The molecule has 8 nitrogen and oxygen atoms in total. The van der Waals surface area contributed by atoms with Gasteiger partial charge in [-0.1, -0.05) is 26.3 Å². The van der Waals surface area contributed by atoms with Crippen LogP contribution in [0.5, 0.6) is 0 Å². The predicted molar refractivity (Wildman–Crippen MR) is 96.7 cm³/mol. The van der Waals surface area contributed by atoms with Gasteiger partial charge in [0.25, 0.3) is 0 Å². The van der Waals surface area contributed by atoms with E-state index in [1.165, 1.54) is 48.9 Å². The molecule has 0 aliphatic carbocycles. The van der Waals surface area contributed by atoms with Crippen LogP contribution in [0, 0.1) is 0 Å². The van der Waals surface area contributed by atoms with Crippen LogP contribution >= 0.6 is 0 Å². The average Bonchev–Trinajstić information content (AvgIpc) is 2.63. The van der Waals surface area contributed by atoms with Crippen molar-refractivity contribution in [3.05, 3.63) is 70.8 Å². The molecular formula is C19H20O8. The maximum atomic E-state index is 10.4. The summed E-state index contributed by atoms with van der Waals surface area (Å²) < 4.78 is 0. The second-order valence-electron chi connectivity index (χ2n) is 5.09. The van der Waals surface area contributed by atoms with Gasteiger partial charge in [-0.3, -0.25) is 0 Å². The summed E-state index contributed by atoms with van der Waals surface area (Å²) in [7, 11) is 0. The van der Waals surface area contributed by atoms with Crippen LogP contribution in [0.2, 0.25) is 0 Å². The summed E-state index contributed by atoms with van der Waals surface area (Å²) in [6, 6.07) is 10.2. The van der Waals surface area contributed by atoms with E-state index in [0.717, 1.165) is 6.07 Å². The lowest BCUT2D eigenvalue weighted by atomic mass is 10.1. The van der Waals surface area contributed by atoms with Gasteiger partial charge in [0.2, 0.25) is 0 Å². The fraction of sp³-hybridized carbons (Fsp3) is 0.158. The molecule has 0 atom stereocenters. The Balaban J connectivity index is 0.000000438. The summed E-state index contributed by atoms with van der Waals surface area (Å²) >= 11 is 0. The van der Waals surface area contributed by atoms with Crippen molar-refractivity contribution in [1.82, 2.24) is 0 Å². The molecule has 0 saturated heterocycles. The fourth-order valence-electron chi connectivity index (χ4n) is 1.54. The Kier molecular flexibility index (Phi) is 10.2. The fourth-order valence-corrected chi connectivity index (χ4v) is 1.54. The van der Waals surface area contributed by atoms with Crippen LogP contribution in [-0.2, 0) is 0 Å². The normalized spacial score (nSPS) is 8.96. The molecule has 2 rings (SSSR count). The highest BCUT2D eigenvalue weighted by atomic mass is 16.4. The molecule has 0 aromatic heterocycles. The average molecular weight is 376 g/mol. The lowest BCUT2D eigenvalue weighted by molar-refractivity contribution is 0.0681. The minimum atomic E-state index is -1.13. The number of carbonyl (C=O) groups is 4. The molecule has 0 bridgehead atoms. The minimum Gasteiger partial charge on any atom is -0.478 e. The lowest BCUT2D eigenvalue weighted by Crippen LogP contribution is -2.01. The first-order valence-electron chi connectivity index (χ1n) is 7.77. The molecule has 4 N–H and O–H groups in total. The zero-order valence-corrected chi connectivity index (χ0v) is 14.7. The van der Waals surface area contributed by atoms with Gasteiger partial charge < -0.3 is 20.4 Å². The van der Waals surface area contributed by atoms with Crippen molar-refractivity contribution in [3.63, 3.8) is 0 Å². The molecular weight excluding hydrogens is 356 g/mol. The highest BCUT2D eigenvalue weighted by Gasteiger charge is 2.07. The molecule has 0 heterocycles. The van der Waals surface area contributed by atoms with Crippen LogP contribution in [0.1, 0.15) is 61.7 Å². The summed E-state index contributed by atoms with van der Waals surface area (Å²) in [6.07, 6.45) is 1.25. The summed E-state index contributed by atoms with van der Waals surface area (Å²) in [4.78, 5) is 41.4. The van der Waals surface area contributed by atoms with Crippen molar-refractivity contribution in [2.45, 2.75) is 20.3 Å². The van der Waals surface area contributed by atoms with Gasteiger partial charge in [-0.25, -0.2) is 19.2 Å². The molecule has 0 aliphatic heterocycles. The Bertz CT molecular complexity index is 731. The van der Waals surface area contributed by atoms with Crippen LogP contribution in [0.3, 0.4) is 0 Å². The smallest absolute Gasteiger partial charge is 0.335 e. The van der Waals surface area contributed by atoms with Crippen molar-refractivity contribution in [2.24, 2.45) is 0 Å². The van der Waals surface area contributed by atoms with E-state index in [-0.39, 0.29) is 22.3 Å². The number of carboxylic acids is 4. The third-order valence-corrected chi connectivity index (χ3v) is 2.74. The van der Waals surface area contributed by atoms with E-state index in [9.17, 15) is 19.2 Å². The van der Waals surface area contributed by atoms with Crippen LogP contribution in [0.25, 0.3) is 0 Å². The third kappa shape index (κ3) is 8.82. The van der Waals surface area contributed by atoms with Gasteiger partial charge in [-0.2, -0.15) is 0 Å². The predicted octanol–water partition coefficient (Wildman–Crippen LogP) is 3.58. The van der Waals surface area contributed by atoms with E-state index < -0.39 is 23.9 Å². The largest absolute Gasteiger partial charge is 0.478 e. The van der Waals surface area contributed by atoms with E-state index in [1.54, 1.807) is 0 Å². The van der Waals surface area contributed by atoms with Crippen LogP contribution in [-0.4, -0.2) is 44.3 Å². The summed E-state index contributed by atoms with van der Waals surface area (Å²) in [5.74, 6) is -4.38. The quantitative estimate of drug-likeness (QED) is 0.632. The van der Waals surface area contributed by atoms with Gasteiger partial charge in [0, 0.05) is 0 Å². The number of hydrogen-bond acceptors (Lipinski definition) is 4. The minimum absolute atomic E-state index is 0.0186. The number of rotatable bonds is 4. The molecule has 0 amide bonds. The second kappa shape index (κ2) is 11.8. The van der Waals surface area contributed by atoms with Gasteiger partial charge >= 0.3 is 23.9 Å². The third-order valence-electron chi connectivity index (χ3n) is 2.74. The molecule has 2 aromatic rings. The van der Waals surface area contributed by atoms with Crippen molar-refractivity contribution < 1.29 is 39.6 Å². The van der Waals surface area contributed by atoms with Crippen LogP contribution in [0.4, 0.5) is 0 Å². The van der Waals surface area contributed by atoms with Gasteiger partial charge in [0.05, 0.1) is 22.3 Å². The molecule has 144 valence electrons. The van der Waals surface area contributed by atoms with E-state index in [0.29, 0.717) is 0 Å². The van der Waals surface area contributed by atoms with Gasteiger partial charge in [-0.15, -0.1) is 0 Å². The molecule has 27 heavy (non-hydrogen) atoms. The van der Waals surface area contributed by atoms with Gasteiger partial charge in [-0.05, 0) is 42.5 Å². The van der Waals surface area contributed by atoms with Crippen molar-refractivity contribution in [1.29, 1.82) is 0 Å². The van der Waals surface area contributed by atoms with Crippen LogP contribution in [0.15, 0.2) is 48.5 Å².